The van der Waals surface area contributed by atoms with E-state index in [1.54, 1.807) is 0 Å². The fraction of sp³-hybridized carbons (Fsp3) is 0.647. The zero-order valence-electron chi connectivity index (χ0n) is 12.0. The Morgan fingerprint density at radius 2 is 2.00 bits per heavy atom. The van der Waals surface area contributed by atoms with Gasteiger partial charge in [-0.1, -0.05) is 30.5 Å². The second kappa shape index (κ2) is 5.16. The summed E-state index contributed by atoms with van der Waals surface area (Å²) in [7, 11) is 0. The molecule has 0 bridgehead atoms. The standard InChI is InChI=1S/C17H25NO/c1-14-6-7-16-15(11-14)5-4-10-18(16)12-17(13-19)8-2-3-9-17/h6-7,11,19H,2-5,8-10,12-13H2,1H3. The minimum atomic E-state index is 0.166. The topological polar surface area (TPSA) is 23.5 Å². The molecule has 1 heterocycles. The van der Waals surface area contributed by atoms with Gasteiger partial charge in [0.05, 0.1) is 6.61 Å². The van der Waals surface area contributed by atoms with Gasteiger partial charge in [-0.25, -0.2) is 0 Å². The molecular formula is C17H25NO. The molecule has 0 spiro atoms. The van der Waals surface area contributed by atoms with Crippen LogP contribution >= 0.6 is 0 Å². The Labute approximate surface area is 116 Å². The van der Waals surface area contributed by atoms with Gasteiger partial charge in [-0.2, -0.15) is 0 Å². The number of aliphatic hydroxyl groups excluding tert-OH is 1. The molecule has 1 aliphatic heterocycles. The summed E-state index contributed by atoms with van der Waals surface area (Å²) in [6.07, 6.45) is 7.42. The lowest BCUT2D eigenvalue weighted by Crippen LogP contribution is -2.41. The van der Waals surface area contributed by atoms with Crippen molar-refractivity contribution in [2.45, 2.75) is 45.4 Å². The van der Waals surface area contributed by atoms with Crippen LogP contribution in [0.5, 0.6) is 0 Å². The van der Waals surface area contributed by atoms with Crippen LogP contribution in [0.2, 0.25) is 0 Å². The molecular weight excluding hydrogens is 234 g/mol. The number of nitrogens with zero attached hydrogens (tertiary/aromatic N) is 1. The monoisotopic (exact) mass is 259 g/mol. The molecule has 1 N–H and O–H groups in total. The SMILES string of the molecule is Cc1ccc2c(c1)CCCN2CC1(CO)CCCC1. The largest absolute Gasteiger partial charge is 0.396 e. The summed E-state index contributed by atoms with van der Waals surface area (Å²) in [6.45, 7) is 4.72. The van der Waals surface area contributed by atoms with Crippen molar-refractivity contribution in [3.05, 3.63) is 29.3 Å². The summed E-state index contributed by atoms with van der Waals surface area (Å²) < 4.78 is 0. The smallest absolute Gasteiger partial charge is 0.0504 e. The van der Waals surface area contributed by atoms with Crippen LogP contribution in [-0.4, -0.2) is 24.8 Å². The Kier molecular flexibility index (Phi) is 3.53. The molecule has 1 aromatic carbocycles. The number of rotatable bonds is 3. The highest BCUT2D eigenvalue weighted by Gasteiger charge is 2.35. The molecule has 1 fully saturated rings. The fourth-order valence-electron chi connectivity index (χ4n) is 3.86. The van der Waals surface area contributed by atoms with Crippen molar-refractivity contribution in [3.8, 4) is 0 Å². The van der Waals surface area contributed by atoms with E-state index in [2.05, 4.69) is 30.0 Å². The fourth-order valence-corrected chi connectivity index (χ4v) is 3.86. The number of hydrogen-bond donors (Lipinski definition) is 1. The van der Waals surface area contributed by atoms with Crippen molar-refractivity contribution >= 4 is 5.69 Å². The molecule has 104 valence electrons. The highest BCUT2D eigenvalue weighted by Crippen LogP contribution is 2.40. The number of aliphatic hydroxyl groups is 1. The highest BCUT2D eigenvalue weighted by atomic mass is 16.3. The second-order valence-electron chi connectivity index (χ2n) is 6.52. The first kappa shape index (κ1) is 13.0. The van der Waals surface area contributed by atoms with E-state index in [0.717, 1.165) is 13.1 Å². The van der Waals surface area contributed by atoms with Crippen LogP contribution in [0.3, 0.4) is 0 Å². The highest BCUT2D eigenvalue weighted by molar-refractivity contribution is 5.57. The zero-order valence-corrected chi connectivity index (χ0v) is 12.0. The summed E-state index contributed by atoms with van der Waals surface area (Å²) in [5.74, 6) is 0. The summed E-state index contributed by atoms with van der Waals surface area (Å²) in [5, 5.41) is 9.81. The van der Waals surface area contributed by atoms with Crippen molar-refractivity contribution in [3.63, 3.8) is 0 Å². The van der Waals surface area contributed by atoms with E-state index in [1.807, 2.05) is 0 Å². The maximum Gasteiger partial charge on any atom is 0.0504 e. The van der Waals surface area contributed by atoms with Gasteiger partial charge >= 0.3 is 0 Å². The van der Waals surface area contributed by atoms with Gasteiger partial charge < -0.3 is 10.0 Å². The molecule has 0 amide bonds. The van der Waals surface area contributed by atoms with Crippen molar-refractivity contribution in [2.24, 2.45) is 5.41 Å². The Bertz CT molecular complexity index is 449. The maximum absolute atomic E-state index is 9.81. The van der Waals surface area contributed by atoms with E-state index >= 15 is 0 Å². The van der Waals surface area contributed by atoms with Gasteiger partial charge in [0, 0.05) is 24.2 Å². The Hall–Kier alpha value is -1.02. The van der Waals surface area contributed by atoms with E-state index in [4.69, 9.17) is 0 Å². The van der Waals surface area contributed by atoms with E-state index < -0.39 is 0 Å². The number of anilines is 1. The van der Waals surface area contributed by atoms with Crippen LogP contribution < -0.4 is 4.90 Å². The van der Waals surface area contributed by atoms with Gasteiger partial charge in [0.15, 0.2) is 0 Å². The molecule has 0 atom stereocenters. The zero-order chi connectivity index (χ0) is 13.3. The number of fused-ring (bicyclic) bond motifs is 1. The average Bonchev–Trinajstić information content (AvgIpc) is 2.88. The van der Waals surface area contributed by atoms with Gasteiger partial charge in [0.2, 0.25) is 0 Å². The predicted molar refractivity (Wildman–Crippen MR) is 79.7 cm³/mol. The quantitative estimate of drug-likeness (QED) is 0.900. The molecule has 2 nitrogen and oxygen atoms in total. The number of aryl methyl sites for hydroxylation is 2. The lowest BCUT2D eigenvalue weighted by atomic mass is 9.85. The van der Waals surface area contributed by atoms with Crippen LogP contribution in [0.1, 0.15) is 43.2 Å². The summed E-state index contributed by atoms with van der Waals surface area (Å²) >= 11 is 0. The molecule has 1 saturated carbocycles. The molecule has 2 aliphatic rings. The van der Waals surface area contributed by atoms with E-state index in [0.29, 0.717) is 6.61 Å². The summed E-state index contributed by atoms with van der Waals surface area (Å²) in [6, 6.07) is 6.84. The molecule has 0 aromatic heterocycles. The van der Waals surface area contributed by atoms with Crippen LogP contribution in [0.15, 0.2) is 18.2 Å². The average molecular weight is 259 g/mol. The molecule has 0 radical (unpaired) electrons. The predicted octanol–water partition coefficient (Wildman–Crippen LogP) is 3.30. The van der Waals surface area contributed by atoms with Crippen molar-refractivity contribution in [1.82, 2.24) is 0 Å². The Balaban J connectivity index is 1.83. The van der Waals surface area contributed by atoms with Crippen LogP contribution in [0.25, 0.3) is 0 Å². The van der Waals surface area contributed by atoms with E-state index in [-0.39, 0.29) is 5.41 Å². The number of benzene rings is 1. The third-order valence-corrected chi connectivity index (χ3v) is 4.98. The van der Waals surface area contributed by atoms with Gasteiger partial charge in [-0.05, 0) is 44.2 Å². The van der Waals surface area contributed by atoms with Gasteiger partial charge in [-0.3, -0.25) is 0 Å². The summed E-state index contributed by atoms with van der Waals surface area (Å²) in [4.78, 5) is 2.53. The van der Waals surface area contributed by atoms with Crippen molar-refractivity contribution < 1.29 is 5.11 Å². The molecule has 1 aliphatic carbocycles. The third-order valence-electron chi connectivity index (χ3n) is 4.98. The van der Waals surface area contributed by atoms with Crippen LogP contribution in [0, 0.1) is 12.3 Å². The third kappa shape index (κ3) is 2.51. The molecule has 1 aromatic rings. The first-order chi connectivity index (χ1) is 9.22. The van der Waals surface area contributed by atoms with Gasteiger partial charge in [0.1, 0.15) is 0 Å². The normalized spacial score (nSPS) is 21.5. The minimum absolute atomic E-state index is 0.166. The number of hydrogen-bond acceptors (Lipinski definition) is 2. The van der Waals surface area contributed by atoms with Crippen LogP contribution in [0.4, 0.5) is 5.69 Å². The Morgan fingerprint density at radius 1 is 1.21 bits per heavy atom. The molecule has 0 unspecified atom stereocenters. The van der Waals surface area contributed by atoms with Crippen LogP contribution in [-0.2, 0) is 6.42 Å². The Morgan fingerprint density at radius 3 is 2.74 bits per heavy atom. The lowest BCUT2D eigenvalue weighted by molar-refractivity contribution is 0.135. The molecule has 2 heteroatoms. The maximum atomic E-state index is 9.81. The minimum Gasteiger partial charge on any atom is -0.396 e. The molecule has 0 saturated heterocycles. The summed E-state index contributed by atoms with van der Waals surface area (Å²) in [5.41, 5.74) is 4.44. The molecule has 19 heavy (non-hydrogen) atoms. The van der Waals surface area contributed by atoms with E-state index in [9.17, 15) is 5.11 Å². The first-order valence-corrected chi connectivity index (χ1v) is 7.68. The first-order valence-electron chi connectivity index (χ1n) is 7.68. The lowest BCUT2D eigenvalue weighted by Gasteiger charge is -2.38. The van der Waals surface area contributed by atoms with Gasteiger partial charge in [0.25, 0.3) is 0 Å². The molecule has 3 rings (SSSR count). The van der Waals surface area contributed by atoms with Gasteiger partial charge in [-0.15, -0.1) is 0 Å². The van der Waals surface area contributed by atoms with Crippen molar-refractivity contribution in [1.29, 1.82) is 0 Å². The second-order valence-corrected chi connectivity index (χ2v) is 6.52. The van der Waals surface area contributed by atoms with E-state index in [1.165, 1.54) is 55.3 Å². The van der Waals surface area contributed by atoms with Crippen molar-refractivity contribution in [2.75, 3.05) is 24.6 Å².